The Morgan fingerprint density at radius 1 is 1.00 bits per heavy atom. The van der Waals surface area contributed by atoms with Gasteiger partial charge in [0.05, 0.1) is 4.92 Å². The highest BCUT2D eigenvalue weighted by molar-refractivity contribution is 6.43. The van der Waals surface area contributed by atoms with Crippen LogP contribution in [0.15, 0.2) is 42.5 Å². The third-order valence-electron chi connectivity index (χ3n) is 3.19. The zero-order chi connectivity index (χ0) is 17.1. The Morgan fingerprint density at radius 2 is 1.71 bits per heavy atom. The molecule has 0 unspecified atom stereocenters. The fourth-order valence-electron chi connectivity index (χ4n) is 2.08. The lowest BCUT2D eigenvalue weighted by atomic mass is 10.2. The molecule has 2 aromatic rings. The number of anilines is 2. The van der Waals surface area contributed by atoms with Crippen molar-refractivity contribution in [3.05, 3.63) is 52.6 Å². The van der Waals surface area contributed by atoms with E-state index >= 15 is 0 Å². The number of hydrogen-bond acceptors (Lipinski definition) is 6. The number of nitrogens with one attached hydrogen (secondary N) is 2. The third kappa shape index (κ3) is 3.09. The molecule has 0 radical (unpaired) electrons. The zero-order valence-corrected chi connectivity index (χ0v) is 12.1. The van der Waals surface area contributed by atoms with Gasteiger partial charge in [-0.25, -0.2) is 0 Å². The molecule has 0 bridgehead atoms. The van der Waals surface area contributed by atoms with E-state index in [0.29, 0.717) is 17.2 Å². The number of benzene rings is 2. The van der Waals surface area contributed by atoms with Crippen LogP contribution in [0, 0.1) is 10.1 Å². The second-order valence-electron chi connectivity index (χ2n) is 4.75. The minimum absolute atomic E-state index is 0.0617. The van der Waals surface area contributed by atoms with Crippen LogP contribution in [0.3, 0.4) is 0 Å². The first kappa shape index (κ1) is 15.3. The summed E-state index contributed by atoms with van der Waals surface area (Å²) in [5, 5.41) is 15.5. The van der Waals surface area contributed by atoms with Crippen LogP contribution in [-0.4, -0.2) is 23.5 Å². The summed E-state index contributed by atoms with van der Waals surface area (Å²) in [7, 11) is 0. The van der Waals surface area contributed by atoms with Crippen LogP contribution in [0.4, 0.5) is 17.1 Å². The van der Waals surface area contributed by atoms with Crippen molar-refractivity contribution in [1.29, 1.82) is 0 Å². The van der Waals surface area contributed by atoms with E-state index in [0.717, 1.165) is 0 Å². The minimum Gasteiger partial charge on any atom is -0.454 e. The Labute approximate surface area is 135 Å². The number of fused-ring (bicyclic) bond motifs is 1. The molecule has 0 atom stereocenters. The van der Waals surface area contributed by atoms with E-state index in [2.05, 4.69) is 10.6 Å². The summed E-state index contributed by atoms with van der Waals surface area (Å²) < 4.78 is 10.3. The number of rotatable bonds is 3. The first-order valence-electron chi connectivity index (χ1n) is 6.80. The second-order valence-corrected chi connectivity index (χ2v) is 4.75. The number of nitro groups is 1. The first-order chi connectivity index (χ1) is 11.5. The molecule has 2 N–H and O–H groups in total. The van der Waals surface area contributed by atoms with Gasteiger partial charge in [0.2, 0.25) is 6.79 Å². The molecule has 3 rings (SSSR count). The van der Waals surface area contributed by atoms with Crippen molar-refractivity contribution >= 4 is 28.9 Å². The maximum Gasteiger partial charge on any atom is 0.314 e. The predicted octanol–water partition coefficient (Wildman–Crippen LogP) is 1.90. The van der Waals surface area contributed by atoms with Gasteiger partial charge in [0.1, 0.15) is 5.69 Å². The number of amides is 2. The molecule has 24 heavy (non-hydrogen) atoms. The Morgan fingerprint density at radius 3 is 2.50 bits per heavy atom. The Kier molecular flexibility index (Phi) is 3.98. The summed E-state index contributed by atoms with van der Waals surface area (Å²) in [6.45, 7) is 0.0882. The molecule has 1 heterocycles. The van der Waals surface area contributed by atoms with Crippen LogP contribution in [0.5, 0.6) is 11.5 Å². The summed E-state index contributed by atoms with van der Waals surface area (Å²) in [6.07, 6.45) is 0. The van der Waals surface area contributed by atoms with E-state index in [1.165, 1.54) is 30.3 Å². The van der Waals surface area contributed by atoms with Gasteiger partial charge in [-0.2, -0.15) is 0 Å². The number of carbonyl (C=O) groups excluding carboxylic acids is 2. The van der Waals surface area contributed by atoms with Crippen molar-refractivity contribution < 1.29 is 24.0 Å². The monoisotopic (exact) mass is 329 g/mol. The number of nitrogens with zero attached hydrogens (tertiary/aromatic N) is 1. The topological polar surface area (TPSA) is 120 Å². The van der Waals surface area contributed by atoms with Gasteiger partial charge in [-0.3, -0.25) is 19.7 Å². The van der Waals surface area contributed by atoms with Crippen LogP contribution >= 0.6 is 0 Å². The minimum atomic E-state index is -1.03. The van der Waals surface area contributed by atoms with E-state index in [1.54, 1.807) is 12.1 Å². The van der Waals surface area contributed by atoms with Crippen molar-refractivity contribution in [2.45, 2.75) is 0 Å². The highest BCUT2D eigenvalue weighted by Gasteiger charge is 2.20. The van der Waals surface area contributed by atoms with Crippen molar-refractivity contribution in [1.82, 2.24) is 0 Å². The lowest BCUT2D eigenvalue weighted by Gasteiger charge is -2.07. The van der Waals surface area contributed by atoms with Gasteiger partial charge in [-0.1, -0.05) is 12.1 Å². The molecule has 1 aliphatic heterocycles. The molecular weight excluding hydrogens is 318 g/mol. The summed E-state index contributed by atoms with van der Waals surface area (Å²) in [5.41, 5.74) is -0.0305. The summed E-state index contributed by atoms with van der Waals surface area (Å²) in [6, 6.07) is 10.2. The molecule has 2 amide bonds. The fraction of sp³-hybridized carbons (Fsp3) is 0.0667. The maximum absolute atomic E-state index is 11.9. The molecule has 9 heteroatoms. The highest BCUT2D eigenvalue weighted by atomic mass is 16.7. The fourth-order valence-corrected chi connectivity index (χ4v) is 2.08. The standard InChI is InChI=1S/C15H11N3O6/c19-14(16-9-5-6-12-13(7-9)24-8-23-12)15(20)17-10-3-1-2-4-11(10)18(21)22/h1-7H,8H2,(H,16,19)(H,17,20). The largest absolute Gasteiger partial charge is 0.454 e. The van der Waals surface area contributed by atoms with Gasteiger partial charge in [-0.05, 0) is 18.2 Å². The van der Waals surface area contributed by atoms with E-state index in [4.69, 9.17) is 9.47 Å². The van der Waals surface area contributed by atoms with Gasteiger partial charge >= 0.3 is 11.8 Å². The average molecular weight is 329 g/mol. The van der Waals surface area contributed by atoms with Gasteiger partial charge < -0.3 is 20.1 Å². The zero-order valence-electron chi connectivity index (χ0n) is 12.1. The molecule has 0 aromatic heterocycles. The number of para-hydroxylation sites is 2. The molecule has 0 saturated carbocycles. The van der Waals surface area contributed by atoms with Crippen LogP contribution in [0.2, 0.25) is 0 Å². The molecule has 2 aromatic carbocycles. The Balaban J connectivity index is 1.69. The van der Waals surface area contributed by atoms with E-state index in [1.807, 2.05) is 0 Å². The summed E-state index contributed by atoms with van der Waals surface area (Å²) >= 11 is 0. The Hall–Kier alpha value is -3.62. The maximum atomic E-state index is 11.9. The molecule has 122 valence electrons. The Bertz CT molecular complexity index is 836. The smallest absolute Gasteiger partial charge is 0.314 e. The summed E-state index contributed by atoms with van der Waals surface area (Å²) in [4.78, 5) is 34.1. The van der Waals surface area contributed by atoms with Crippen molar-refractivity contribution in [3.63, 3.8) is 0 Å². The molecular formula is C15H11N3O6. The predicted molar refractivity (Wildman–Crippen MR) is 82.9 cm³/mol. The number of ether oxygens (including phenoxy) is 2. The van der Waals surface area contributed by atoms with Crippen LogP contribution in [0.1, 0.15) is 0 Å². The van der Waals surface area contributed by atoms with Crippen molar-refractivity contribution in [3.8, 4) is 11.5 Å². The van der Waals surface area contributed by atoms with Gasteiger partial charge in [-0.15, -0.1) is 0 Å². The highest BCUT2D eigenvalue weighted by Crippen LogP contribution is 2.34. The van der Waals surface area contributed by atoms with Gasteiger partial charge in [0, 0.05) is 17.8 Å². The van der Waals surface area contributed by atoms with E-state index < -0.39 is 16.7 Å². The van der Waals surface area contributed by atoms with E-state index in [9.17, 15) is 19.7 Å². The molecule has 1 aliphatic rings. The normalized spacial score (nSPS) is 11.7. The van der Waals surface area contributed by atoms with Crippen molar-refractivity contribution in [2.24, 2.45) is 0 Å². The first-order valence-corrected chi connectivity index (χ1v) is 6.80. The summed E-state index contributed by atoms with van der Waals surface area (Å²) in [5.74, 6) is -1.00. The SMILES string of the molecule is O=C(Nc1ccc2c(c1)OCO2)C(=O)Nc1ccccc1[N+](=O)[O-]. The molecule has 0 aliphatic carbocycles. The van der Waals surface area contributed by atoms with Gasteiger partial charge in [0.25, 0.3) is 5.69 Å². The van der Waals surface area contributed by atoms with Gasteiger partial charge in [0.15, 0.2) is 11.5 Å². The molecule has 0 spiro atoms. The lowest BCUT2D eigenvalue weighted by Crippen LogP contribution is -2.29. The number of carbonyl (C=O) groups is 2. The quantitative estimate of drug-likeness (QED) is 0.504. The van der Waals surface area contributed by atoms with E-state index in [-0.39, 0.29) is 18.2 Å². The van der Waals surface area contributed by atoms with Crippen molar-refractivity contribution in [2.75, 3.05) is 17.4 Å². The number of nitro benzene ring substituents is 1. The lowest BCUT2D eigenvalue weighted by molar-refractivity contribution is -0.383. The molecule has 0 fully saturated rings. The second kappa shape index (κ2) is 6.24. The number of hydrogen-bond donors (Lipinski definition) is 2. The van der Waals surface area contributed by atoms with Crippen LogP contribution in [0.25, 0.3) is 0 Å². The molecule has 9 nitrogen and oxygen atoms in total. The average Bonchev–Trinajstić information content (AvgIpc) is 3.02. The van der Waals surface area contributed by atoms with Crippen LogP contribution in [-0.2, 0) is 9.59 Å². The van der Waals surface area contributed by atoms with Crippen LogP contribution < -0.4 is 20.1 Å². The third-order valence-corrected chi connectivity index (χ3v) is 3.19. The molecule has 0 saturated heterocycles.